The Labute approximate surface area is 216 Å². The predicted molar refractivity (Wildman–Crippen MR) is 143 cm³/mol. The zero-order valence-electron chi connectivity index (χ0n) is 19.2. The van der Waals surface area contributed by atoms with E-state index in [0.29, 0.717) is 10.8 Å². The molecule has 0 bridgehead atoms. The highest BCUT2D eigenvalue weighted by molar-refractivity contribution is 7.25. The first-order valence-electron chi connectivity index (χ1n) is 11.6. The molecule has 0 atom stereocenters. The summed E-state index contributed by atoms with van der Waals surface area (Å²) in [6.07, 6.45) is 1.57. The smallest absolute Gasteiger partial charge is 0.143 e. The average molecular weight is 521 g/mol. The SMILES string of the molecule is Fc1cccc(COc2ccc(Nc3ncnc4sc5cc(N6CCOCC6)ccc5c34)cc2Cl)c1. The molecule has 0 saturated carbocycles. The molecule has 0 amide bonds. The minimum atomic E-state index is -0.295. The fraction of sp³-hybridized carbons (Fsp3) is 0.185. The van der Waals surface area contributed by atoms with Gasteiger partial charge in [-0.1, -0.05) is 29.8 Å². The van der Waals surface area contributed by atoms with Gasteiger partial charge in [0.15, 0.2) is 0 Å². The van der Waals surface area contributed by atoms with Gasteiger partial charge in [0.25, 0.3) is 0 Å². The largest absolute Gasteiger partial charge is 0.487 e. The van der Waals surface area contributed by atoms with Gasteiger partial charge in [-0.2, -0.15) is 0 Å². The van der Waals surface area contributed by atoms with Crippen LogP contribution in [0.1, 0.15) is 5.56 Å². The van der Waals surface area contributed by atoms with Crippen LogP contribution < -0.4 is 15.0 Å². The van der Waals surface area contributed by atoms with Crippen LogP contribution in [0, 0.1) is 5.82 Å². The summed E-state index contributed by atoms with van der Waals surface area (Å²) in [5, 5.41) is 5.93. The topological polar surface area (TPSA) is 59.5 Å². The van der Waals surface area contributed by atoms with Crippen molar-refractivity contribution in [2.24, 2.45) is 0 Å². The van der Waals surface area contributed by atoms with E-state index < -0.39 is 0 Å². The molecule has 2 aromatic heterocycles. The average Bonchev–Trinajstić information content (AvgIpc) is 3.28. The molecule has 3 aromatic carbocycles. The Morgan fingerprint density at radius 1 is 1.06 bits per heavy atom. The first-order valence-corrected chi connectivity index (χ1v) is 12.8. The van der Waals surface area contributed by atoms with Crippen molar-refractivity contribution in [3.05, 3.63) is 83.4 Å². The zero-order valence-corrected chi connectivity index (χ0v) is 20.8. The number of hydrogen-bond donors (Lipinski definition) is 1. The molecule has 1 fully saturated rings. The molecule has 3 heterocycles. The lowest BCUT2D eigenvalue weighted by Gasteiger charge is -2.28. The van der Waals surface area contributed by atoms with Gasteiger partial charge in [-0.15, -0.1) is 11.3 Å². The van der Waals surface area contributed by atoms with Crippen LogP contribution in [0.2, 0.25) is 5.02 Å². The van der Waals surface area contributed by atoms with Crippen molar-refractivity contribution in [3.8, 4) is 5.75 Å². The summed E-state index contributed by atoms with van der Waals surface area (Å²) in [4.78, 5) is 12.3. The highest BCUT2D eigenvalue weighted by Gasteiger charge is 2.16. The van der Waals surface area contributed by atoms with E-state index in [9.17, 15) is 4.39 Å². The Balaban J connectivity index is 1.25. The van der Waals surface area contributed by atoms with E-state index >= 15 is 0 Å². The standard InChI is InChI=1S/C27H22ClFN4O2S/c28-22-13-19(4-7-23(22)35-15-17-2-1-3-18(29)12-17)32-26-25-21-6-5-20(33-8-10-34-11-9-33)14-24(21)36-27(25)31-16-30-26/h1-7,12-14,16H,8-11,15H2,(H,30,31,32). The highest BCUT2D eigenvalue weighted by atomic mass is 35.5. The maximum Gasteiger partial charge on any atom is 0.143 e. The Morgan fingerprint density at radius 2 is 1.94 bits per heavy atom. The van der Waals surface area contributed by atoms with E-state index in [0.717, 1.165) is 63.7 Å². The van der Waals surface area contributed by atoms with Gasteiger partial charge >= 0.3 is 0 Å². The van der Waals surface area contributed by atoms with Gasteiger partial charge in [-0.25, -0.2) is 14.4 Å². The fourth-order valence-electron chi connectivity index (χ4n) is 4.33. The normalized spacial score (nSPS) is 13.9. The lowest BCUT2D eigenvalue weighted by molar-refractivity contribution is 0.122. The second-order valence-electron chi connectivity index (χ2n) is 8.47. The van der Waals surface area contributed by atoms with Crippen LogP contribution in [0.5, 0.6) is 5.75 Å². The number of nitrogens with zero attached hydrogens (tertiary/aromatic N) is 3. The molecule has 1 N–H and O–H groups in total. The molecule has 0 aliphatic carbocycles. The van der Waals surface area contributed by atoms with E-state index in [4.69, 9.17) is 21.1 Å². The molecule has 5 aromatic rings. The third-order valence-electron chi connectivity index (χ3n) is 6.11. The van der Waals surface area contributed by atoms with Gasteiger partial charge in [0, 0.05) is 34.6 Å². The number of hydrogen-bond acceptors (Lipinski definition) is 7. The van der Waals surface area contributed by atoms with E-state index in [1.165, 1.54) is 17.8 Å². The third kappa shape index (κ3) is 4.67. The van der Waals surface area contributed by atoms with Gasteiger partial charge in [0.1, 0.15) is 35.1 Å². The van der Waals surface area contributed by atoms with Crippen LogP contribution in [0.15, 0.2) is 67.0 Å². The van der Waals surface area contributed by atoms with Crippen molar-refractivity contribution in [1.82, 2.24) is 9.97 Å². The molecule has 0 unspecified atom stereocenters. The minimum Gasteiger partial charge on any atom is -0.487 e. The zero-order chi connectivity index (χ0) is 24.5. The molecule has 9 heteroatoms. The lowest BCUT2D eigenvalue weighted by Crippen LogP contribution is -2.36. The van der Waals surface area contributed by atoms with Crippen molar-refractivity contribution < 1.29 is 13.9 Å². The number of benzene rings is 3. The molecule has 1 aliphatic rings. The number of anilines is 3. The Morgan fingerprint density at radius 3 is 2.78 bits per heavy atom. The first kappa shape index (κ1) is 23.0. The van der Waals surface area contributed by atoms with Crippen molar-refractivity contribution in [2.75, 3.05) is 36.5 Å². The summed E-state index contributed by atoms with van der Waals surface area (Å²) in [5.74, 6) is 0.946. The van der Waals surface area contributed by atoms with Gasteiger partial charge in [-0.3, -0.25) is 0 Å². The second kappa shape index (κ2) is 9.89. The van der Waals surface area contributed by atoms with Gasteiger partial charge in [-0.05, 0) is 48.0 Å². The van der Waals surface area contributed by atoms with Crippen molar-refractivity contribution >= 4 is 60.4 Å². The van der Waals surface area contributed by atoms with Crippen LogP contribution in [0.25, 0.3) is 20.3 Å². The van der Waals surface area contributed by atoms with E-state index in [1.54, 1.807) is 35.9 Å². The number of morpholine rings is 1. The van der Waals surface area contributed by atoms with Crippen molar-refractivity contribution in [2.45, 2.75) is 6.61 Å². The predicted octanol–water partition coefficient (Wildman–Crippen LogP) is 6.80. The summed E-state index contributed by atoms with van der Waals surface area (Å²) in [5.41, 5.74) is 2.71. The van der Waals surface area contributed by atoms with Crippen LogP contribution in [-0.4, -0.2) is 36.3 Å². The molecule has 6 rings (SSSR count). The highest BCUT2D eigenvalue weighted by Crippen LogP contribution is 2.39. The van der Waals surface area contributed by atoms with E-state index in [2.05, 4.69) is 38.4 Å². The second-order valence-corrected chi connectivity index (χ2v) is 9.91. The van der Waals surface area contributed by atoms with E-state index in [-0.39, 0.29) is 12.4 Å². The molecule has 0 radical (unpaired) electrons. The first-order chi connectivity index (χ1) is 17.6. The number of rotatable bonds is 6. The number of halogens is 2. The quantitative estimate of drug-likeness (QED) is 0.266. The molecule has 182 valence electrons. The summed E-state index contributed by atoms with van der Waals surface area (Å²) < 4.78 is 25.9. The maximum absolute atomic E-state index is 13.4. The number of aromatic nitrogens is 2. The molecule has 1 saturated heterocycles. The summed E-state index contributed by atoms with van der Waals surface area (Å²) in [6.45, 7) is 3.52. The summed E-state index contributed by atoms with van der Waals surface area (Å²) in [6, 6.07) is 18.3. The van der Waals surface area contributed by atoms with Crippen LogP contribution in [0.3, 0.4) is 0 Å². The van der Waals surface area contributed by atoms with E-state index in [1.807, 2.05) is 12.1 Å². The molecule has 0 spiro atoms. The Bertz CT molecular complexity index is 1550. The Kier molecular flexibility index (Phi) is 6.31. The summed E-state index contributed by atoms with van der Waals surface area (Å²) >= 11 is 8.15. The number of thiophene rings is 1. The molecule has 6 nitrogen and oxygen atoms in total. The van der Waals surface area contributed by atoms with Crippen LogP contribution in [0.4, 0.5) is 21.6 Å². The fourth-order valence-corrected chi connectivity index (χ4v) is 5.64. The van der Waals surface area contributed by atoms with Crippen molar-refractivity contribution in [3.63, 3.8) is 0 Å². The monoisotopic (exact) mass is 520 g/mol. The number of ether oxygens (including phenoxy) is 2. The molecular formula is C27H22ClFN4O2S. The third-order valence-corrected chi connectivity index (χ3v) is 7.46. The van der Waals surface area contributed by atoms with Crippen LogP contribution >= 0.6 is 22.9 Å². The maximum atomic E-state index is 13.4. The minimum absolute atomic E-state index is 0.226. The Hall–Kier alpha value is -3.46. The lowest BCUT2D eigenvalue weighted by atomic mass is 10.1. The number of nitrogens with one attached hydrogen (secondary N) is 1. The van der Waals surface area contributed by atoms with Gasteiger partial charge < -0.3 is 19.7 Å². The number of fused-ring (bicyclic) bond motifs is 3. The van der Waals surface area contributed by atoms with Gasteiger partial charge in [0.2, 0.25) is 0 Å². The van der Waals surface area contributed by atoms with Crippen LogP contribution in [-0.2, 0) is 11.3 Å². The van der Waals surface area contributed by atoms with Gasteiger partial charge in [0.05, 0.1) is 23.6 Å². The molecule has 36 heavy (non-hydrogen) atoms. The molecule has 1 aliphatic heterocycles. The molecular weight excluding hydrogens is 499 g/mol. The van der Waals surface area contributed by atoms with Crippen molar-refractivity contribution in [1.29, 1.82) is 0 Å². The summed E-state index contributed by atoms with van der Waals surface area (Å²) in [7, 11) is 0.